The van der Waals surface area contributed by atoms with Crippen LogP contribution in [-0.4, -0.2) is 21.1 Å². The third-order valence-electron chi connectivity index (χ3n) is 3.95. The standard InChI is InChI=1S/C20H15FN4O2S/c21-15-9-5-4-8-14(15)16-12-22-18(27-16)11-10-17(26)23-20-25-24-19(28-20)13-6-2-1-3-7-13/h1-9,12H,10-11H2,(H,23,25,26). The van der Waals surface area contributed by atoms with Crippen molar-refractivity contribution in [3.05, 3.63) is 72.5 Å². The van der Waals surface area contributed by atoms with Crippen molar-refractivity contribution < 1.29 is 13.6 Å². The van der Waals surface area contributed by atoms with Crippen LogP contribution in [0.1, 0.15) is 12.3 Å². The average molecular weight is 394 g/mol. The molecule has 0 aliphatic rings. The molecule has 0 bridgehead atoms. The molecule has 6 nitrogen and oxygen atoms in total. The first-order valence-corrected chi connectivity index (χ1v) is 9.39. The molecular weight excluding hydrogens is 379 g/mol. The lowest BCUT2D eigenvalue weighted by Crippen LogP contribution is -2.12. The summed E-state index contributed by atoms with van der Waals surface area (Å²) >= 11 is 1.30. The van der Waals surface area contributed by atoms with Gasteiger partial charge in [0, 0.05) is 18.4 Å². The minimum Gasteiger partial charge on any atom is -0.441 e. The smallest absolute Gasteiger partial charge is 0.226 e. The summed E-state index contributed by atoms with van der Waals surface area (Å²) in [5.74, 6) is 0.107. The molecule has 2 aromatic heterocycles. The van der Waals surface area contributed by atoms with Crippen LogP contribution in [0.2, 0.25) is 0 Å². The maximum atomic E-state index is 13.8. The average Bonchev–Trinajstić information content (AvgIpc) is 3.37. The number of anilines is 1. The molecule has 1 N–H and O–H groups in total. The fraction of sp³-hybridized carbons (Fsp3) is 0.100. The number of nitrogens with zero attached hydrogens (tertiary/aromatic N) is 3. The number of amides is 1. The second-order valence-electron chi connectivity index (χ2n) is 5.92. The highest BCUT2D eigenvalue weighted by Gasteiger charge is 2.13. The van der Waals surface area contributed by atoms with Gasteiger partial charge in [-0.25, -0.2) is 9.37 Å². The van der Waals surface area contributed by atoms with Crippen LogP contribution >= 0.6 is 11.3 Å². The molecule has 0 saturated heterocycles. The van der Waals surface area contributed by atoms with Crippen molar-refractivity contribution in [2.24, 2.45) is 0 Å². The van der Waals surface area contributed by atoms with Crippen molar-refractivity contribution in [1.82, 2.24) is 15.2 Å². The second kappa shape index (κ2) is 8.10. The molecule has 0 spiro atoms. The van der Waals surface area contributed by atoms with Gasteiger partial charge in [-0.05, 0) is 12.1 Å². The number of oxazole rings is 1. The lowest BCUT2D eigenvalue weighted by molar-refractivity contribution is -0.116. The van der Waals surface area contributed by atoms with E-state index in [1.54, 1.807) is 18.2 Å². The number of halogens is 1. The molecule has 2 aromatic carbocycles. The van der Waals surface area contributed by atoms with Gasteiger partial charge in [-0.2, -0.15) is 0 Å². The quantitative estimate of drug-likeness (QED) is 0.518. The summed E-state index contributed by atoms with van der Waals surface area (Å²) < 4.78 is 19.4. The highest BCUT2D eigenvalue weighted by Crippen LogP contribution is 2.26. The normalized spacial score (nSPS) is 10.8. The molecule has 0 fully saturated rings. The zero-order valence-electron chi connectivity index (χ0n) is 14.6. The molecule has 28 heavy (non-hydrogen) atoms. The van der Waals surface area contributed by atoms with Gasteiger partial charge >= 0.3 is 0 Å². The van der Waals surface area contributed by atoms with Gasteiger partial charge in [0.2, 0.25) is 11.0 Å². The number of nitrogens with one attached hydrogen (secondary N) is 1. The van der Waals surface area contributed by atoms with Crippen LogP contribution in [0.15, 0.2) is 65.2 Å². The Morgan fingerprint density at radius 2 is 1.86 bits per heavy atom. The van der Waals surface area contributed by atoms with Crippen LogP contribution in [-0.2, 0) is 11.2 Å². The number of hydrogen-bond acceptors (Lipinski definition) is 6. The number of rotatable bonds is 6. The van der Waals surface area contributed by atoms with Gasteiger partial charge in [0.15, 0.2) is 11.7 Å². The van der Waals surface area contributed by atoms with Gasteiger partial charge in [0.1, 0.15) is 10.8 Å². The Bertz CT molecular complexity index is 1090. The zero-order valence-corrected chi connectivity index (χ0v) is 15.4. The Labute approximate surface area is 164 Å². The van der Waals surface area contributed by atoms with Crippen molar-refractivity contribution in [3.63, 3.8) is 0 Å². The number of carbonyl (C=O) groups is 1. The van der Waals surface area contributed by atoms with Crippen LogP contribution in [0.4, 0.5) is 9.52 Å². The second-order valence-corrected chi connectivity index (χ2v) is 6.90. The van der Waals surface area contributed by atoms with Gasteiger partial charge in [-0.1, -0.05) is 53.8 Å². The fourth-order valence-electron chi connectivity index (χ4n) is 2.58. The van der Waals surface area contributed by atoms with Crippen LogP contribution in [0, 0.1) is 5.82 Å². The van der Waals surface area contributed by atoms with E-state index in [-0.39, 0.29) is 18.1 Å². The van der Waals surface area contributed by atoms with E-state index < -0.39 is 0 Å². The summed E-state index contributed by atoms with van der Waals surface area (Å²) in [5.41, 5.74) is 1.29. The number of aromatic nitrogens is 3. The van der Waals surface area contributed by atoms with E-state index >= 15 is 0 Å². The van der Waals surface area contributed by atoms with Gasteiger partial charge < -0.3 is 9.73 Å². The summed E-state index contributed by atoms with van der Waals surface area (Å²) in [6, 6.07) is 15.9. The van der Waals surface area contributed by atoms with Crippen molar-refractivity contribution >= 4 is 22.4 Å². The predicted molar refractivity (Wildman–Crippen MR) is 104 cm³/mol. The van der Waals surface area contributed by atoms with E-state index in [2.05, 4.69) is 20.5 Å². The molecule has 4 aromatic rings. The first kappa shape index (κ1) is 18.0. The van der Waals surface area contributed by atoms with E-state index in [9.17, 15) is 9.18 Å². The Balaban J connectivity index is 1.34. The van der Waals surface area contributed by atoms with Crippen LogP contribution < -0.4 is 5.32 Å². The lowest BCUT2D eigenvalue weighted by Gasteiger charge is -1.99. The molecular formula is C20H15FN4O2S. The molecule has 0 radical (unpaired) electrons. The minimum absolute atomic E-state index is 0.164. The van der Waals surface area contributed by atoms with E-state index in [1.807, 2.05) is 30.3 Å². The Hall–Kier alpha value is -3.39. The molecule has 0 aliphatic carbocycles. The number of aryl methyl sites for hydroxylation is 1. The SMILES string of the molecule is O=C(CCc1ncc(-c2ccccc2F)o1)Nc1nnc(-c2ccccc2)s1. The van der Waals surface area contributed by atoms with E-state index in [4.69, 9.17) is 4.42 Å². The maximum Gasteiger partial charge on any atom is 0.226 e. The molecule has 0 aliphatic heterocycles. The molecule has 0 saturated carbocycles. The van der Waals surface area contributed by atoms with Crippen molar-refractivity contribution in [2.75, 3.05) is 5.32 Å². The van der Waals surface area contributed by atoms with E-state index in [1.165, 1.54) is 23.6 Å². The largest absolute Gasteiger partial charge is 0.441 e. The first-order chi connectivity index (χ1) is 13.7. The number of hydrogen-bond donors (Lipinski definition) is 1. The van der Waals surface area contributed by atoms with E-state index in [0.717, 1.165) is 10.6 Å². The van der Waals surface area contributed by atoms with Gasteiger partial charge in [0.05, 0.1) is 11.8 Å². The Morgan fingerprint density at radius 1 is 1.07 bits per heavy atom. The van der Waals surface area contributed by atoms with Crippen molar-refractivity contribution in [2.45, 2.75) is 12.8 Å². The van der Waals surface area contributed by atoms with E-state index in [0.29, 0.717) is 28.8 Å². The summed E-state index contributed by atoms with van der Waals surface area (Å²) in [7, 11) is 0. The molecule has 1 amide bonds. The first-order valence-electron chi connectivity index (χ1n) is 8.57. The fourth-order valence-corrected chi connectivity index (χ4v) is 3.35. The lowest BCUT2D eigenvalue weighted by atomic mass is 10.2. The highest BCUT2D eigenvalue weighted by atomic mass is 32.1. The Kier molecular flexibility index (Phi) is 5.20. The summed E-state index contributed by atoms with van der Waals surface area (Å²) in [4.78, 5) is 16.3. The predicted octanol–water partition coefficient (Wildman–Crippen LogP) is 4.57. The number of benzene rings is 2. The highest BCUT2D eigenvalue weighted by molar-refractivity contribution is 7.18. The van der Waals surface area contributed by atoms with Gasteiger partial charge in [0.25, 0.3) is 0 Å². The van der Waals surface area contributed by atoms with Gasteiger partial charge in [-0.3, -0.25) is 4.79 Å². The molecule has 8 heteroatoms. The maximum absolute atomic E-state index is 13.8. The monoisotopic (exact) mass is 394 g/mol. The topological polar surface area (TPSA) is 80.9 Å². The Morgan fingerprint density at radius 3 is 2.68 bits per heavy atom. The molecule has 140 valence electrons. The van der Waals surface area contributed by atoms with Crippen LogP contribution in [0.25, 0.3) is 21.9 Å². The van der Waals surface area contributed by atoms with Gasteiger partial charge in [-0.15, -0.1) is 10.2 Å². The molecule has 0 unspecified atom stereocenters. The summed E-state index contributed by atoms with van der Waals surface area (Å²) in [5, 5.41) is 12.0. The van der Waals surface area contributed by atoms with Crippen LogP contribution in [0.3, 0.4) is 0 Å². The third kappa shape index (κ3) is 4.12. The number of carbonyl (C=O) groups excluding carboxylic acids is 1. The summed E-state index contributed by atoms with van der Waals surface area (Å²) in [6.45, 7) is 0. The van der Waals surface area contributed by atoms with Crippen LogP contribution in [0.5, 0.6) is 0 Å². The summed E-state index contributed by atoms with van der Waals surface area (Å²) in [6.07, 6.45) is 1.92. The third-order valence-corrected chi connectivity index (χ3v) is 4.84. The zero-order chi connectivity index (χ0) is 19.3. The molecule has 2 heterocycles. The van der Waals surface area contributed by atoms with Crippen molar-refractivity contribution in [3.8, 4) is 21.9 Å². The minimum atomic E-state index is -0.381. The van der Waals surface area contributed by atoms with Crippen molar-refractivity contribution in [1.29, 1.82) is 0 Å². The molecule has 0 atom stereocenters. The molecule has 4 rings (SSSR count).